The van der Waals surface area contributed by atoms with Crippen molar-refractivity contribution in [2.24, 2.45) is 0 Å². The minimum Gasteiger partial charge on any atom is -0.306 e. The van der Waals surface area contributed by atoms with Crippen LogP contribution in [0.2, 0.25) is 0 Å². The number of sulfone groups is 1. The first-order valence-corrected chi connectivity index (χ1v) is 8.78. The van der Waals surface area contributed by atoms with Crippen LogP contribution in [0.5, 0.6) is 0 Å². The van der Waals surface area contributed by atoms with E-state index in [0.29, 0.717) is 0 Å². The SMILES string of the molecule is C[C@@H](NC1CCCC(S(C)(=O)=O)C1)c1ccccn1. The summed E-state index contributed by atoms with van der Waals surface area (Å²) in [5, 5.41) is 3.32. The molecule has 1 heterocycles. The zero-order valence-corrected chi connectivity index (χ0v) is 12.4. The van der Waals surface area contributed by atoms with E-state index in [1.165, 1.54) is 6.26 Å². The molecule has 2 unspecified atom stereocenters. The molecule has 1 fully saturated rings. The van der Waals surface area contributed by atoms with Crippen molar-refractivity contribution in [3.8, 4) is 0 Å². The van der Waals surface area contributed by atoms with Gasteiger partial charge in [-0.05, 0) is 38.3 Å². The third-order valence-electron chi connectivity index (χ3n) is 3.85. The van der Waals surface area contributed by atoms with Crippen molar-refractivity contribution >= 4 is 9.84 Å². The second-order valence-corrected chi connectivity index (χ2v) is 7.78. The van der Waals surface area contributed by atoms with Crippen LogP contribution in [0.1, 0.15) is 44.3 Å². The molecular formula is C14H22N2O2S. The number of rotatable bonds is 4. The van der Waals surface area contributed by atoms with Crippen LogP contribution >= 0.6 is 0 Å². The lowest BCUT2D eigenvalue weighted by atomic mass is 9.94. The van der Waals surface area contributed by atoms with Gasteiger partial charge in [0, 0.05) is 24.5 Å². The Balaban J connectivity index is 1.96. The molecule has 1 aliphatic rings. The maximum absolute atomic E-state index is 11.6. The van der Waals surface area contributed by atoms with Crippen molar-refractivity contribution < 1.29 is 8.42 Å². The summed E-state index contributed by atoms with van der Waals surface area (Å²) >= 11 is 0. The predicted octanol–water partition coefficient (Wildman–Crippen LogP) is 2.09. The van der Waals surface area contributed by atoms with Gasteiger partial charge in [-0.25, -0.2) is 8.42 Å². The van der Waals surface area contributed by atoms with Crippen molar-refractivity contribution in [3.05, 3.63) is 30.1 Å². The highest BCUT2D eigenvalue weighted by molar-refractivity contribution is 7.91. The van der Waals surface area contributed by atoms with E-state index >= 15 is 0 Å². The number of hydrogen-bond donors (Lipinski definition) is 1. The average Bonchev–Trinajstić information content (AvgIpc) is 2.39. The Morgan fingerprint density at radius 1 is 1.37 bits per heavy atom. The van der Waals surface area contributed by atoms with Gasteiger partial charge in [0.25, 0.3) is 0 Å². The molecule has 1 aromatic heterocycles. The Labute approximate surface area is 115 Å². The molecule has 1 saturated carbocycles. The fraction of sp³-hybridized carbons (Fsp3) is 0.643. The zero-order chi connectivity index (χ0) is 13.9. The second-order valence-electron chi connectivity index (χ2n) is 5.46. The molecule has 19 heavy (non-hydrogen) atoms. The van der Waals surface area contributed by atoms with Crippen molar-refractivity contribution in [3.63, 3.8) is 0 Å². The van der Waals surface area contributed by atoms with E-state index < -0.39 is 9.84 Å². The first kappa shape index (κ1) is 14.5. The molecule has 1 aliphatic carbocycles. The lowest BCUT2D eigenvalue weighted by molar-refractivity contribution is 0.344. The molecular weight excluding hydrogens is 260 g/mol. The fourth-order valence-corrected chi connectivity index (χ4v) is 3.93. The molecule has 4 nitrogen and oxygen atoms in total. The highest BCUT2D eigenvalue weighted by Crippen LogP contribution is 2.25. The van der Waals surface area contributed by atoms with Gasteiger partial charge in [0.05, 0.1) is 10.9 Å². The molecule has 0 saturated heterocycles. The molecule has 0 spiro atoms. The van der Waals surface area contributed by atoms with Gasteiger partial charge in [0.1, 0.15) is 9.84 Å². The van der Waals surface area contributed by atoms with E-state index in [4.69, 9.17) is 0 Å². The monoisotopic (exact) mass is 282 g/mol. The van der Waals surface area contributed by atoms with Gasteiger partial charge < -0.3 is 5.32 Å². The lowest BCUT2D eigenvalue weighted by Gasteiger charge is -2.30. The number of nitrogens with zero attached hydrogens (tertiary/aromatic N) is 1. The van der Waals surface area contributed by atoms with Crippen LogP contribution in [0.25, 0.3) is 0 Å². The molecule has 0 amide bonds. The van der Waals surface area contributed by atoms with Gasteiger partial charge in [-0.3, -0.25) is 4.98 Å². The summed E-state index contributed by atoms with van der Waals surface area (Å²) in [6, 6.07) is 6.29. The summed E-state index contributed by atoms with van der Waals surface area (Å²) < 4.78 is 23.3. The Morgan fingerprint density at radius 2 is 2.16 bits per heavy atom. The van der Waals surface area contributed by atoms with Crippen LogP contribution < -0.4 is 5.32 Å². The van der Waals surface area contributed by atoms with E-state index in [0.717, 1.165) is 31.4 Å². The molecule has 106 valence electrons. The normalized spacial score (nSPS) is 26.0. The molecule has 2 rings (SSSR count). The molecule has 0 aliphatic heterocycles. The zero-order valence-electron chi connectivity index (χ0n) is 11.5. The maximum atomic E-state index is 11.6. The first-order chi connectivity index (χ1) is 8.97. The van der Waals surface area contributed by atoms with Crippen LogP contribution in [0.3, 0.4) is 0 Å². The number of hydrogen-bond acceptors (Lipinski definition) is 4. The molecule has 0 bridgehead atoms. The Kier molecular flexibility index (Phi) is 4.58. The van der Waals surface area contributed by atoms with Crippen molar-refractivity contribution in [2.75, 3.05) is 6.26 Å². The minimum absolute atomic E-state index is 0.157. The Bertz CT molecular complexity index is 501. The maximum Gasteiger partial charge on any atom is 0.150 e. The van der Waals surface area contributed by atoms with Gasteiger partial charge in [-0.1, -0.05) is 12.5 Å². The van der Waals surface area contributed by atoms with E-state index in [1.807, 2.05) is 18.2 Å². The van der Waals surface area contributed by atoms with Gasteiger partial charge in [-0.2, -0.15) is 0 Å². The second kappa shape index (κ2) is 6.01. The number of aromatic nitrogens is 1. The van der Waals surface area contributed by atoms with Crippen LogP contribution in [-0.2, 0) is 9.84 Å². The predicted molar refractivity (Wildman–Crippen MR) is 76.7 cm³/mol. The van der Waals surface area contributed by atoms with Gasteiger partial charge in [0.15, 0.2) is 0 Å². The highest BCUT2D eigenvalue weighted by atomic mass is 32.2. The highest BCUT2D eigenvalue weighted by Gasteiger charge is 2.29. The molecule has 0 aromatic carbocycles. The summed E-state index contributed by atoms with van der Waals surface area (Å²) in [6.45, 7) is 2.08. The van der Waals surface area contributed by atoms with E-state index in [-0.39, 0.29) is 17.3 Å². The van der Waals surface area contributed by atoms with Crippen molar-refractivity contribution in [2.45, 2.75) is 49.9 Å². The van der Waals surface area contributed by atoms with E-state index in [1.54, 1.807) is 6.20 Å². The fourth-order valence-electron chi connectivity index (χ4n) is 2.76. The van der Waals surface area contributed by atoms with Crippen LogP contribution in [0, 0.1) is 0 Å². The summed E-state index contributed by atoms with van der Waals surface area (Å²) in [5.74, 6) is 0. The van der Waals surface area contributed by atoms with Crippen LogP contribution in [-0.4, -0.2) is 30.9 Å². The molecule has 0 radical (unpaired) electrons. The lowest BCUT2D eigenvalue weighted by Crippen LogP contribution is -2.40. The molecule has 1 N–H and O–H groups in total. The van der Waals surface area contributed by atoms with Crippen molar-refractivity contribution in [1.29, 1.82) is 0 Å². The van der Waals surface area contributed by atoms with E-state index in [2.05, 4.69) is 17.2 Å². The number of nitrogens with one attached hydrogen (secondary N) is 1. The molecule has 1 aromatic rings. The van der Waals surface area contributed by atoms with Crippen LogP contribution in [0.4, 0.5) is 0 Å². The third-order valence-corrected chi connectivity index (χ3v) is 5.49. The third kappa shape index (κ3) is 4.01. The molecule has 3 atom stereocenters. The van der Waals surface area contributed by atoms with E-state index in [9.17, 15) is 8.42 Å². The smallest absolute Gasteiger partial charge is 0.150 e. The average molecular weight is 282 g/mol. The summed E-state index contributed by atoms with van der Waals surface area (Å²) in [4.78, 5) is 4.33. The van der Waals surface area contributed by atoms with Gasteiger partial charge in [-0.15, -0.1) is 0 Å². The topological polar surface area (TPSA) is 59.1 Å². The summed E-state index contributed by atoms with van der Waals surface area (Å²) in [7, 11) is -2.91. The summed E-state index contributed by atoms with van der Waals surface area (Å²) in [5.41, 5.74) is 1.00. The standard InChI is InChI=1S/C14H22N2O2S/c1-11(14-8-3-4-9-15-14)16-12-6-5-7-13(10-12)19(2,17)18/h3-4,8-9,11-13,16H,5-7,10H2,1-2H3/t11-,12?,13?/m1/s1. The van der Waals surface area contributed by atoms with Gasteiger partial charge >= 0.3 is 0 Å². The molecule has 5 heteroatoms. The summed E-state index contributed by atoms with van der Waals surface area (Å²) in [6.07, 6.45) is 6.68. The first-order valence-electron chi connectivity index (χ1n) is 6.82. The quantitative estimate of drug-likeness (QED) is 0.918. The van der Waals surface area contributed by atoms with Gasteiger partial charge in [0.2, 0.25) is 0 Å². The largest absolute Gasteiger partial charge is 0.306 e. The Morgan fingerprint density at radius 3 is 2.79 bits per heavy atom. The van der Waals surface area contributed by atoms with Crippen molar-refractivity contribution in [1.82, 2.24) is 10.3 Å². The Hall–Kier alpha value is -0.940. The minimum atomic E-state index is -2.91. The number of pyridine rings is 1. The van der Waals surface area contributed by atoms with Crippen LogP contribution in [0.15, 0.2) is 24.4 Å².